The zero-order chi connectivity index (χ0) is 14.9. The highest BCUT2D eigenvalue weighted by Gasteiger charge is 2.33. The van der Waals surface area contributed by atoms with Gasteiger partial charge in [0.25, 0.3) is 0 Å². The van der Waals surface area contributed by atoms with Crippen molar-refractivity contribution < 1.29 is 4.79 Å². The van der Waals surface area contributed by atoms with E-state index in [1.165, 1.54) is 11.5 Å². The number of thiazole rings is 1. The molecular formula is C15H14N4OS2. The van der Waals surface area contributed by atoms with E-state index in [1.54, 1.807) is 17.5 Å². The molecule has 4 rings (SSSR count). The Balaban J connectivity index is 1.53. The van der Waals surface area contributed by atoms with Crippen LogP contribution in [-0.2, 0) is 6.54 Å². The molecule has 1 aliphatic rings. The van der Waals surface area contributed by atoms with E-state index in [2.05, 4.69) is 20.7 Å². The lowest BCUT2D eigenvalue weighted by Crippen LogP contribution is -2.36. The van der Waals surface area contributed by atoms with Gasteiger partial charge in [0.05, 0.1) is 16.8 Å². The molecule has 1 N–H and O–H groups in total. The van der Waals surface area contributed by atoms with Crippen LogP contribution in [0.1, 0.15) is 17.8 Å². The van der Waals surface area contributed by atoms with Crippen molar-refractivity contribution in [3.05, 3.63) is 41.5 Å². The molecule has 0 saturated heterocycles. The van der Waals surface area contributed by atoms with Gasteiger partial charge >= 0.3 is 6.03 Å². The Morgan fingerprint density at radius 1 is 1.32 bits per heavy atom. The topological polar surface area (TPSA) is 58.1 Å². The number of nitrogens with one attached hydrogen (secondary N) is 1. The predicted octanol–water partition coefficient (Wildman–Crippen LogP) is 3.95. The van der Waals surface area contributed by atoms with Crippen LogP contribution in [0.5, 0.6) is 0 Å². The third-order valence-electron chi connectivity index (χ3n) is 3.56. The highest BCUT2D eigenvalue weighted by Crippen LogP contribution is 2.31. The van der Waals surface area contributed by atoms with Crippen LogP contribution in [0.25, 0.3) is 10.2 Å². The second-order valence-electron chi connectivity index (χ2n) is 5.24. The van der Waals surface area contributed by atoms with Crippen molar-refractivity contribution in [2.75, 3.05) is 5.32 Å². The summed E-state index contributed by atoms with van der Waals surface area (Å²) in [6, 6.07) is 10.2. The summed E-state index contributed by atoms with van der Waals surface area (Å²) in [5, 5.41) is 4.67. The Morgan fingerprint density at radius 2 is 2.18 bits per heavy atom. The molecule has 1 saturated carbocycles. The number of carbonyl (C=O) groups is 1. The van der Waals surface area contributed by atoms with Crippen LogP contribution in [0.2, 0.25) is 0 Å². The molecule has 0 aliphatic heterocycles. The van der Waals surface area contributed by atoms with Gasteiger partial charge in [-0.25, -0.2) is 9.78 Å². The molecule has 0 spiro atoms. The molecule has 0 radical (unpaired) electrons. The average Bonchev–Trinajstić information content (AvgIpc) is 3.07. The maximum absolute atomic E-state index is 12.5. The molecule has 22 heavy (non-hydrogen) atoms. The van der Waals surface area contributed by atoms with Crippen molar-refractivity contribution in [2.24, 2.45) is 0 Å². The largest absolute Gasteiger partial charge is 0.323 e. The summed E-state index contributed by atoms with van der Waals surface area (Å²) in [6.45, 7) is 0.564. The van der Waals surface area contributed by atoms with Crippen molar-refractivity contribution in [1.29, 1.82) is 0 Å². The zero-order valence-corrected chi connectivity index (χ0v) is 13.4. The normalized spacial score (nSPS) is 14.2. The van der Waals surface area contributed by atoms with Gasteiger partial charge in [0, 0.05) is 12.2 Å². The number of carbonyl (C=O) groups excluding carboxylic acids is 1. The first kappa shape index (κ1) is 13.7. The Hall–Kier alpha value is -1.99. The van der Waals surface area contributed by atoms with Crippen LogP contribution in [-0.4, -0.2) is 26.3 Å². The fourth-order valence-corrected chi connectivity index (χ4v) is 3.80. The third kappa shape index (κ3) is 2.82. The van der Waals surface area contributed by atoms with Crippen molar-refractivity contribution in [1.82, 2.24) is 14.3 Å². The zero-order valence-electron chi connectivity index (χ0n) is 11.7. The van der Waals surface area contributed by atoms with E-state index in [0.717, 1.165) is 33.1 Å². The summed E-state index contributed by atoms with van der Waals surface area (Å²) in [7, 11) is 0. The lowest BCUT2D eigenvalue weighted by atomic mass is 10.3. The molecule has 5 nitrogen and oxygen atoms in total. The molecular weight excluding hydrogens is 316 g/mol. The van der Waals surface area contributed by atoms with Crippen molar-refractivity contribution in [3.8, 4) is 0 Å². The van der Waals surface area contributed by atoms with E-state index < -0.39 is 0 Å². The highest BCUT2D eigenvalue weighted by atomic mass is 32.1. The second-order valence-corrected chi connectivity index (χ2v) is 7.19. The number of anilines is 1. The van der Waals surface area contributed by atoms with Gasteiger partial charge < -0.3 is 4.90 Å². The molecule has 0 unspecified atom stereocenters. The van der Waals surface area contributed by atoms with Gasteiger partial charge in [-0.2, -0.15) is 4.37 Å². The third-order valence-corrected chi connectivity index (χ3v) is 5.24. The molecule has 1 aliphatic carbocycles. The summed E-state index contributed by atoms with van der Waals surface area (Å²) in [6.07, 6.45) is 3.83. The van der Waals surface area contributed by atoms with E-state index in [0.29, 0.717) is 12.6 Å². The van der Waals surface area contributed by atoms with Gasteiger partial charge in [-0.05, 0) is 42.6 Å². The predicted molar refractivity (Wildman–Crippen MR) is 89.3 cm³/mol. The monoisotopic (exact) mass is 330 g/mol. The van der Waals surface area contributed by atoms with Gasteiger partial charge in [-0.3, -0.25) is 5.32 Å². The van der Waals surface area contributed by atoms with Crippen LogP contribution in [0.15, 0.2) is 36.5 Å². The molecule has 0 atom stereocenters. The minimum Gasteiger partial charge on any atom is -0.315 e. The molecule has 112 valence electrons. The number of rotatable bonds is 4. The fourth-order valence-electron chi connectivity index (χ4n) is 2.34. The SMILES string of the molecule is O=C(Nc1ccns1)N(Cc1nc2ccccc2s1)C1CC1. The highest BCUT2D eigenvalue weighted by molar-refractivity contribution is 7.18. The fraction of sp³-hybridized carbons (Fsp3) is 0.267. The first-order valence-corrected chi connectivity index (χ1v) is 8.71. The lowest BCUT2D eigenvalue weighted by molar-refractivity contribution is 0.206. The molecule has 2 aromatic heterocycles. The number of urea groups is 1. The number of aromatic nitrogens is 2. The number of amides is 2. The first-order chi connectivity index (χ1) is 10.8. The summed E-state index contributed by atoms with van der Waals surface area (Å²) < 4.78 is 5.17. The molecule has 0 bridgehead atoms. The van der Waals surface area contributed by atoms with Crippen molar-refractivity contribution in [2.45, 2.75) is 25.4 Å². The molecule has 7 heteroatoms. The number of hydrogen-bond acceptors (Lipinski definition) is 5. The molecule has 3 aromatic rings. The minimum absolute atomic E-state index is 0.0639. The van der Waals surface area contributed by atoms with E-state index >= 15 is 0 Å². The molecule has 2 heterocycles. The Labute approximate surface area is 135 Å². The summed E-state index contributed by atoms with van der Waals surface area (Å²) in [4.78, 5) is 19.0. The maximum Gasteiger partial charge on any atom is 0.323 e. The Morgan fingerprint density at radius 3 is 2.91 bits per heavy atom. The number of para-hydroxylation sites is 1. The lowest BCUT2D eigenvalue weighted by Gasteiger charge is -2.21. The van der Waals surface area contributed by atoms with E-state index in [9.17, 15) is 4.79 Å². The van der Waals surface area contributed by atoms with Crippen molar-refractivity contribution in [3.63, 3.8) is 0 Å². The van der Waals surface area contributed by atoms with Crippen LogP contribution >= 0.6 is 22.9 Å². The summed E-state index contributed by atoms with van der Waals surface area (Å²) in [5.74, 6) is 0. The molecule has 2 amide bonds. The smallest absolute Gasteiger partial charge is 0.315 e. The van der Waals surface area contributed by atoms with Crippen LogP contribution < -0.4 is 5.32 Å². The summed E-state index contributed by atoms with van der Waals surface area (Å²) >= 11 is 2.94. The Kier molecular flexibility index (Phi) is 3.51. The number of benzene rings is 1. The number of hydrogen-bond donors (Lipinski definition) is 1. The summed E-state index contributed by atoms with van der Waals surface area (Å²) in [5.41, 5.74) is 1.00. The van der Waals surface area contributed by atoms with Crippen molar-refractivity contribution >= 4 is 44.1 Å². The number of fused-ring (bicyclic) bond motifs is 1. The van der Waals surface area contributed by atoms with E-state index in [-0.39, 0.29) is 6.03 Å². The first-order valence-electron chi connectivity index (χ1n) is 7.12. The van der Waals surface area contributed by atoms with Gasteiger partial charge in [0.2, 0.25) is 0 Å². The van der Waals surface area contributed by atoms with E-state index in [1.807, 2.05) is 29.2 Å². The number of nitrogens with zero attached hydrogens (tertiary/aromatic N) is 3. The van der Waals surface area contributed by atoms with Crippen LogP contribution in [0.3, 0.4) is 0 Å². The van der Waals surface area contributed by atoms with Gasteiger partial charge in [0.1, 0.15) is 10.0 Å². The maximum atomic E-state index is 12.5. The van der Waals surface area contributed by atoms with E-state index in [4.69, 9.17) is 0 Å². The standard InChI is InChI=1S/C15H14N4OS2/c20-15(18-13-7-8-16-22-13)19(10-5-6-10)9-14-17-11-3-1-2-4-12(11)21-14/h1-4,7-8,10H,5-6,9H2,(H,18,20). The van der Waals surface area contributed by atoms with Crippen LogP contribution in [0, 0.1) is 0 Å². The van der Waals surface area contributed by atoms with Gasteiger partial charge in [-0.15, -0.1) is 11.3 Å². The van der Waals surface area contributed by atoms with Gasteiger partial charge in [-0.1, -0.05) is 12.1 Å². The molecule has 1 fully saturated rings. The quantitative estimate of drug-likeness (QED) is 0.788. The Bertz CT molecular complexity index is 762. The van der Waals surface area contributed by atoms with Crippen LogP contribution in [0.4, 0.5) is 9.80 Å². The minimum atomic E-state index is -0.0639. The average molecular weight is 330 g/mol. The molecule has 1 aromatic carbocycles. The van der Waals surface area contributed by atoms with Gasteiger partial charge in [0.15, 0.2) is 0 Å². The second kappa shape index (κ2) is 5.66.